The summed E-state index contributed by atoms with van der Waals surface area (Å²) in [5.74, 6) is -2.60. The van der Waals surface area contributed by atoms with E-state index in [1.807, 2.05) is 6.07 Å². The summed E-state index contributed by atoms with van der Waals surface area (Å²) in [4.78, 5) is 56.4. The first-order valence-electron chi connectivity index (χ1n) is 10.1. The van der Waals surface area contributed by atoms with Gasteiger partial charge in [-0.1, -0.05) is 36.4 Å². The Morgan fingerprint density at radius 2 is 1.91 bits per heavy atom. The van der Waals surface area contributed by atoms with Crippen LogP contribution in [0, 0.1) is 6.92 Å². The van der Waals surface area contributed by atoms with Crippen LogP contribution < -0.4 is 10.9 Å². The number of phenols is 1. The molecule has 2 heterocycles. The van der Waals surface area contributed by atoms with Crippen LogP contribution in [0.4, 0.5) is 0 Å². The molecule has 1 saturated heterocycles. The second-order valence-electron chi connectivity index (χ2n) is 7.63. The van der Waals surface area contributed by atoms with E-state index < -0.39 is 28.9 Å². The number of aromatic nitrogens is 2. The predicted octanol–water partition coefficient (Wildman–Crippen LogP) is 1.68. The number of fused-ring (bicyclic) bond motifs is 1. The minimum atomic E-state index is -2.12. The third kappa shape index (κ3) is 3.51. The molecule has 0 bridgehead atoms. The van der Waals surface area contributed by atoms with E-state index in [0.717, 1.165) is 4.57 Å². The zero-order chi connectivity index (χ0) is 22.9. The number of phenolic OH excluding ortho intramolecular Hbond substituents is 1. The lowest BCUT2D eigenvalue weighted by molar-refractivity contribution is -0.161. The van der Waals surface area contributed by atoms with Crippen molar-refractivity contribution in [1.29, 1.82) is 0 Å². The standard InChI is InChI=1S/C23H21N3O6/c1-14-24-19-16(9-5-10-17(19)27)20(29)26(14)23(12-6-11-18(28)25-21(23)30)22(31)32-13-15-7-3-2-4-8-15/h2-5,7-10,27H,6,11-13H2,1H3,(H,25,28,30). The normalized spacial score (nSPS) is 18.8. The number of carbonyl (C=O) groups is 3. The fourth-order valence-corrected chi connectivity index (χ4v) is 4.00. The SMILES string of the molecule is Cc1nc2c(O)cccc2c(=O)n1C1(C(=O)OCc2ccccc2)CCCC(=O)NC1=O. The van der Waals surface area contributed by atoms with Crippen LogP contribution in [0.15, 0.2) is 53.3 Å². The maximum absolute atomic E-state index is 13.5. The molecule has 32 heavy (non-hydrogen) atoms. The van der Waals surface area contributed by atoms with Gasteiger partial charge in [0.1, 0.15) is 23.7 Å². The number of hydrogen-bond donors (Lipinski definition) is 2. The van der Waals surface area contributed by atoms with Gasteiger partial charge in [-0.05, 0) is 37.5 Å². The van der Waals surface area contributed by atoms with Gasteiger partial charge < -0.3 is 9.84 Å². The van der Waals surface area contributed by atoms with E-state index in [1.54, 1.807) is 24.3 Å². The summed E-state index contributed by atoms with van der Waals surface area (Å²) >= 11 is 0. The van der Waals surface area contributed by atoms with Gasteiger partial charge in [0, 0.05) is 6.42 Å². The van der Waals surface area contributed by atoms with Crippen molar-refractivity contribution in [2.75, 3.05) is 0 Å². The zero-order valence-corrected chi connectivity index (χ0v) is 17.3. The van der Waals surface area contributed by atoms with Gasteiger partial charge in [0.25, 0.3) is 11.5 Å². The second-order valence-corrected chi connectivity index (χ2v) is 7.63. The number of nitrogens with zero attached hydrogens (tertiary/aromatic N) is 2. The van der Waals surface area contributed by atoms with Crippen LogP contribution in [-0.2, 0) is 31.3 Å². The molecule has 0 saturated carbocycles. The molecule has 2 amide bonds. The third-order valence-corrected chi connectivity index (χ3v) is 5.55. The van der Waals surface area contributed by atoms with Gasteiger partial charge in [0.15, 0.2) is 0 Å². The van der Waals surface area contributed by atoms with Crippen molar-refractivity contribution in [1.82, 2.24) is 14.9 Å². The van der Waals surface area contributed by atoms with E-state index >= 15 is 0 Å². The maximum atomic E-state index is 13.5. The first-order chi connectivity index (χ1) is 15.3. The smallest absolute Gasteiger partial charge is 0.342 e. The fourth-order valence-electron chi connectivity index (χ4n) is 4.00. The molecule has 0 spiro atoms. The largest absolute Gasteiger partial charge is 0.506 e. The number of para-hydroxylation sites is 1. The van der Waals surface area contributed by atoms with Crippen LogP contribution in [0.1, 0.15) is 30.7 Å². The quantitative estimate of drug-likeness (QED) is 0.362. The summed E-state index contributed by atoms with van der Waals surface area (Å²) in [5.41, 5.74) is -2.05. The summed E-state index contributed by atoms with van der Waals surface area (Å²) in [6, 6.07) is 13.2. The van der Waals surface area contributed by atoms with Crippen LogP contribution in [0.3, 0.4) is 0 Å². The van der Waals surface area contributed by atoms with Gasteiger partial charge in [-0.3, -0.25) is 24.3 Å². The fraction of sp³-hybridized carbons (Fsp3) is 0.261. The molecule has 2 N–H and O–H groups in total. The average Bonchev–Trinajstić information content (AvgIpc) is 2.92. The Labute approximate surface area is 182 Å². The number of nitrogens with one attached hydrogen (secondary N) is 1. The Morgan fingerprint density at radius 3 is 2.66 bits per heavy atom. The summed E-state index contributed by atoms with van der Waals surface area (Å²) in [5, 5.41) is 12.4. The summed E-state index contributed by atoms with van der Waals surface area (Å²) in [7, 11) is 0. The first kappa shape index (κ1) is 21.2. The number of hydrogen-bond acceptors (Lipinski definition) is 7. The van der Waals surface area contributed by atoms with Gasteiger partial charge in [-0.15, -0.1) is 0 Å². The molecule has 0 aliphatic carbocycles. The lowest BCUT2D eigenvalue weighted by atomic mass is 9.91. The number of aromatic hydroxyl groups is 1. The van der Waals surface area contributed by atoms with Gasteiger partial charge in [-0.25, -0.2) is 9.78 Å². The highest BCUT2D eigenvalue weighted by Crippen LogP contribution is 2.30. The van der Waals surface area contributed by atoms with Crippen molar-refractivity contribution in [2.24, 2.45) is 0 Å². The van der Waals surface area contributed by atoms with E-state index in [1.165, 1.54) is 25.1 Å². The molecule has 0 radical (unpaired) electrons. The molecule has 9 nitrogen and oxygen atoms in total. The van der Waals surface area contributed by atoms with Crippen LogP contribution in [0.5, 0.6) is 5.75 Å². The van der Waals surface area contributed by atoms with Crippen LogP contribution in [0.25, 0.3) is 10.9 Å². The Morgan fingerprint density at radius 1 is 1.16 bits per heavy atom. The Bertz CT molecular complexity index is 1280. The first-order valence-corrected chi connectivity index (χ1v) is 10.1. The molecule has 164 valence electrons. The Hall–Kier alpha value is -4.01. The molecule has 1 aromatic heterocycles. The minimum Gasteiger partial charge on any atom is -0.506 e. The van der Waals surface area contributed by atoms with Crippen molar-refractivity contribution in [3.63, 3.8) is 0 Å². The molecule has 3 aromatic rings. The third-order valence-electron chi connectivity index (χ3n) is 5.55. The number of amides is 2. The summed E-state index contributed by atoms with van der Waals surface area (Å²) in [6.45, 7) is 1.34. The van der Waals surface area contributed by atoms with Crippen molar-refractivity contribution in [3.05, 3.63) is 70.3 Å². The van der Waals surface area contributed by atoms with Gasteiger partial charge >= 0.3 is 5.97 Å². The molecular formula is C23H21N3O6. The van der Waals surface area contributed by atoms with Crippen LogP contribution in [0.2, 0.25) is 0 Å². The lowest BCUT2D eigenvalue weighted by Crippen LogP contribution is -2.58. The monoisotopic (exact) mass is 435 g/mol. The number of rotatable bonds is 4. The zero-order valence-electron chi connectivity index (χ0n) is 17.3. The highest BCUT2D eigenvalue weighted by molar-refractivity contribution is 6.11. The van der Waals surface area contributed by atoms with E-state index in [4.69, 9.17) is 4.74 Å². The molecule has 1 fully saturated rings. The predicted molar refractivity (Wildman–Crippen MR) is 114 cm³/mol. The van der Waals surface area contributed by atoms with Crippen molar-refractivity contribution in [2.45, 2.75) is 38.3 Å². The van der Waals surface area contributed by atoms with E-state index in [0.29, 0.717) is 5.56 Å². The number of benzene rings is 2. The molecule has 4 rings (SSSR count). The topological polar surface area (TPSA) is 128 Å². The molecule has 1 unspecified atom stereocenters. The van der Waals surface area contributed by atoms with Gasteiger partial charge in [-0.2, -0.15) is 0 Å². The molecule has 1 atom stereocenters. The van der Waals surface area contributed by atoms with Crippen LogP contribution in [-0.4, -0.2) is 32.4 Å². The summed E-state index contributed by atoms with van der Waals surface area (Å²) in [6.07, 6.45) is 0.0853. The number of carbonyl (C=O) groups excluding carboxylic acids is 3. The van der Waals surface area contributed by atoms with Crippen molar-refractivity contribution < 1.29 is 24.2 Å². The molecule has 1 aliphatic heterocycles. The Kier molecular flexibility index (Phi) is 5.48. The second kappa shape index (κ2) is 8.26. The van der Waals surface area contributed by atoms with Crippen LogP contribution >= 0.6 is 0 Å². The highest BCUT2D eigenvalue weighted by atomic mass is 16.5. The average molecular weight is 435 g/mol. The van der Waals surface area contributed by atoms with E-state index in [-0.39, 0.29) is 48.3 Å². The molecule has 9 heteroatoms. The van der Waals surface area contributed by atoms with Crippen molar-refractivity contribution in [3.8, 4) is 5.75 Å². The molecule has 2 aromatic carbocycles. The number of aryl methyl sites for hydroxylation is 1. The number of ether oxygens (including phenoxy) is 1. The van der Waals surface area contributed by atoms with E-state index in [2.05, 4.69) is 10.3 Å². The van der Waals surface area contributed by atoms with E-state index in [9.17, 15) is 24.3 Å². The molecular weight excluding hydrogens is 414 g/mol. The maximum Gasteiger partial charge on any atom is 0.342 e. The number of esters is 1. The summed E-state index contributed by atoms with van der Waals surface area (Å²) < 4.78 is 6.47. The Balaban J connectivity index is 1.89. The van der Waals surface area contributed by atoms with Crippen molar-refractivity contribution >= 4 is 28.7 Å². The highest BCUT2D eigenvalue weighted by Gasteiger charge is 2.52. The minimum absolute atomic E-state index is 0.0229. The lowest BCUT2D eigenvalue weighted by Gasteiger charge is -2.31. The van der Waals surface area contributed by atoms with Gasteiger partial charge in [0.2, 0.25) is 11.4 Å². The number of imide groups is 1. The molecule has 1 aliphatic rings. The van der Waals surface area contributed by atoms with Gasteiger partial charge in [0.05, 0.1) is 5.39 Å².